The highest BCUT2D eigenvalue weighted by atomic mass is 19.3. The number of benzene rings is 2. The van der Waals surface area contributed by atoms with Crippen LogP contribution in [-0.2, 0) is 11.3 Å². The normalized spacial score (nSPS) is 10.8. The molecule has 0 atom stereocenters. The van der Waals surface area contributed by atoms with Gasteiger partial charge in [-0.05, 0) is 30.8 Å². The summed E-state index contributed by atoms with van der Waals surface area (Å²) in [6.07, 6.45) is 0.184. The lowest BCUT2D eigenvalue weighted by atomic mass is 10.2. The number of nitrogens with zero attached hydrogens (tertiary/aromatic N) is 2. The summed E-state index contributed by atoms with van der Waals surface area (Å²) in [6.45, 7) is -1.91. The molecule has 1 N–H and O–H groups in total. The van der Waals surface area contributed by atoms with Gasteiger partial charge in [0.15, 0.2) is 0 Å². The van der Waals surface area contributed by atoms with E-state index in [9.17, 15) is 23.7 Å². The van der Waals surface area contributed by atoms with Crippen molar-refractivity contribution in [2.75, 3.05) is 26.0 Å². The first-order valence-corrected chi connectivity index (χ1v) is 8.63. The van der Waals surface area contributed by atoms with E-state index in [1.807, 2.05) is 11.9 Å². The second-order valence-electron chi connectivity index (χ2n) is 6.20. The van der Waals surface area contributed by atoms with Gasteiger partial charge in [-0.3, -0.25) is 14.9 Å². The monoisotopic (exact) mass is 409 g/mol. The quantitative estimate of drug-likeness (QED) is 0.475. The van der Waals surface area contributed by atoms with Gasteiger partial charge in [-0.25, -0.2) is 0 Å². The van der Waals surface area contributed by atoms with Crippen LogP contribution in [0.3, 0.4) is 0 Å². The first-order chi connectivity index (χ1) is 13.8. The lowest BCUT2D eigenvalue weighted by Crippen LogP contribution is -2.24. The zero-order chi connectivity index (χ0) is 21.4. The number of hydrogen-bond donors (Lipinski definition) is 1. The first-order valence-electron chi connectivity index (χ1n) is 8.63. The van der Waals surface area contributed by atoms with Crippen molar-refractivity contribution in [3.8, 4) is 11.5 Å². The lowest BCUT2D eigenvalue weighted by Gasteiger charge is -2.17. The second kappa shape index (κ2) is 10.3. The van der Waals surface area contributed by atoms with Crippen LogP contribution in [-0.4, -0.2) is 43.0 Å². The molecule has 0 aliphatic carbocycles. The van der Waals surface area contributed by atoms with Crippen LogP contribution in [0.5, 0.6) is 11.5 Å². The number of rotatable bonds is 10. The molecule has 0 aliphatic heterocycles. The van der Waals surface area contributed by atoms with Gasteiger partial charge in [0.25, 0.3) is 5.69 Å². The minimum atomic E-state index is -2.86. The Morgan fingerprint density at radius 2 is 1.93 bits per heavy atom. The van der Waals surface area contributed by atoms with Gasteiger partial charge in [-0.2, -0.15) is 8.78 Å². The molecule has 0 aliphatic rings. The van der Waals surface area contributed by atoms with Crippen molar-refractivity contribution in [2.45, 2.75) is 19.6 Å². The third-order valence-corrected chi connectivity index (χ3v) is 3.99. The number of nitro groups is 1. The molecular formula is C19H21F2N3O5. The largest absolute Gasteiger partial charge is 0.494 e. The third-order valence-electron chi connectivity index (χ3n) is 3.99. The van der Waals surface area contributed by atoms with Crippen molar-refractivity contribution in [3.05, 3.63) is 58.1 Å². The molecule has 0 saturated heterocycles. The molecular weight excluding hydrogens is 388 g/mol. The van der Waals surface area contributed by atoms with E-state index in [1.54, 1.807) is 12.1 Å². The number of amides is 1. The highest BCUT2D eigenvalue weighted by molar-refractivity contribution is 5.92. The average molecular weight is 409 g/mol. The number of methoxy groups -OCH3 is 1. The van der Waals surface area contributed by atoms with Crippen molar-refractivity contribution in [3.63, 3.8) is 0 Å². The topological polar surface area (TPSA) is 93.9 Å². The minimum Gasteiger partial charge on any atom is -0.494 e. The summed E-state index contributed by atoms with van der Waals surface area (Å²) in [5.41, 5.74) is 1.09. The van der Waals surface area contributed by atoms with Gasteiger partial charge in [0, 0.05) is 25.6 Å². The number of anilines is 1. The molecule has 0 unspecified atom stereocenters. The van der Waals surface area contributed by atoms with Crippen LogP contribution in [0.4, 0.5) is 20.2 Å². The van der Waals surface area contributed by atoms with Crippen LogP contribution in [0.15, 0.2) is 42.5 Å². The molecule has 2 rings (SSSR count). The van der Waals surface area contributed by atoms with Gasteiger partial charge in [0.2, 0.25) is 5.91 Å². The van der Waals surface area contributed by atoms with Crippen molar-refractivity contribution < 1.29 is 28.0 Å². The summed E-state index contributed by atoms with van der Waals surface area (Å²) in [5, 5.41) is 13.5. The van der Waals surface area contributed by atoms with Crippen LogP contribution in [0.25, 0.3) is 0 Å². The van der Waals surface area contributed by atoms with Gasteiger partial charge >= 0.3 is 6.61 Å². The van der Waals surface area contributed by atoms with Crippen molar-refractivity contribution in [1.82, 2.24) is 4.90 Å². The molecule has 2 aromatic rings. The summed E-state index contributed by atoms with van der Waals surface area (Å²) in [5.74, 6) is 0.0134. The van der Waals surface area contributed by atoms with Gasteiger partial charge in [-0.15, -0.1) is 0 Å². The van der Waals surface area contributed by atoms with Crippen LogP contribution in [0.1, 0.15) is 12.0 Å². The molecule has 0 spiro atoms. The van der Waals surface area contributed by atoms with Gasteiger partial charge in [-0.1, -0.05) is 12.1 Å². The van der Waals surface area contributed by atoms with Gasteiger partial charge < -0.3 is 19.7 Å². The summed E-state index contributed by atoms with van der Waals surface area (Å²) in [6, 6.07) is 10.2. The highest BCUT2D eigenvalue weighted by Gasteiger charge is 2.14. The van der Waals surface area contributed by atoms with E-state index in [0.717, 1.165) is 5.56 Å². The zero-order valence-corrected chi connectivity index (χ0v) is 15.9. The Bertz CT molecular complexity index is 846. The number of ether oxygens (including phenoxy) is 2. The van der Waals surface area contributed by atoms with Crippen molar-refractivity contribution >= 4 is 17.3 Å². The fourth-order valence-electron chi connectivity index (χ4n) is 2.57. The van der Waals surface area contributed by atoms with E-state index in [1.165, 1.54) is 37.4 Å². The van der Waals surface area contributed by atoms with Crippen LogP contribution in [0, 0.1) is 10.1 Å². The molecule has 0 aromatic heterocycles. The Labute approximate surface area is 166 Å². The molecule has 0 saturated carbocycles. The number of halogens is 2. The molecule has 0 radical (unpaired) electrons. The fraction of sp³-hybridized carbons (Fsp3) is 0.316. The fourth-order valence-corrected chi connectivity index (χ4v) is 2.57. The summed E-state index contributed by atoms with van der Waals surface area (Å²) >= 11 is 0. The molecule has 0 bridgehead atoms. The second-order valence-corrected chi connectivity index (χ2v) is 6.20. The molecule has 10 heteroatoms. The Hall–Kier alpha value is -3.27. The summed E-state index contributed by atoms with van der Waals surface area (Å²) < 4.78 is 33.7. The Balaban J connectivity index is 1.85. The molecule has 1 amide bonds. The van der Waals surface area contributed by atoms with Crippen LogP contribution < -0.4 is 14.8 Å². The number of alkyl halides is 2. The number of carbonyl (C=O) groups is 1. The lowest BCUT2D eigenvalue weighted by molar-refractivity contribution is -0.384. The van der Waals surface area contributed by atoms with Gasteiger partial charge in [0.05, 0.1) is 23.8 Å². The zero-order valence-electron chi connectivity index (χ0n) is 15.9. The number of hydrogen-bond acceptors (Lipinski definition) is 6. The van der Waals surface area contributed by atoms with E-state index in [0.29, 0.717) is 18.8 Å². The minimum absolute atomic E-state index is 0.0859. The van der Waals surface area contributed by atoms with E-state index in [-0.39, 0.29) is 29.5 Å². The van der Waals surface area contributed by atoms with Gasteiger partial charge in [0.1, 0.15) is 11.5 Å². The van der Waals surface area contributed by atoms with Crippen molar-refractivity contribution in [2.24, 2.45) is 0 Å². The smallest absolute Gasteiger partial charge is 0.387 e. The van der Waals surface area contributed by atoms with E-state index >= 15 is 0 Å². The summed E-state index contributed by atoms with van der Waals surface area (Å²) in [4.78, 5) is 24.4. The van der Waals surface area contributed by atoms with E-state index < -0.39 is 11.5 Å². The average Bonchev–Trinajstić information content (AvgIpc) is 2.67. The number of nitro benzene ring substituents is 1. The SMILES string of the molecule is COc1cc([N+](=O)[O-])ccc1NC(=O)CCN(C)Cc1ccc(OC(F)F)cc1. The number of carbonyl (C=O) groups excluding carboxylic acids is 1. The predicted octanol–water partition coefficient (Wildman–Crippen LogP) is 3.67. The van der Waals surface area contributed by atoms with Crippen molar-refractivity contribution in [1.29, 1.82) is 0 Å². The molecule has 29 heavy (non-hydrogen) atoms. The Kier molecular flexibility index (Phi) is 7.84. The number of nitrogens with one attached hydrogen (secondary N) is 1. The first kappa shape index (κ1) is 22.0. The number of non-ortho nitro benzene ring substituents is 1. The Morgan fingerprint density at radius 1 is 1.24 bits per heavy atom. The maximum Gasteiger partial charge on any atom is 0.387 e. The van der Waals surface area contributed by atoms with Crippen LogP contribution in [0.2, 0.25) is 0 Å². The third kappa shape index (κ3) is 7.00. The standard InChI is InChI=1S/C19H21F2N3O5/c1-23(12-13-3-6-15(7-4-13)29-19(20)21)10-9-18(25)22-16-8-5-14(24(26)27)11-17(16)28-2/h3-8,11,19H,9-10,12H2,1-2H3,(H,22,25). The predicted molar refractivity (Wildman–Crippen MR) is 102 cm³/mol. The maximum absolute atomic E-state index is 12.2. The maximum atomic E-state index is 12.2. The molecule has 0 heterocycles. The highest BCUT2D eigenvalue weighted by Crippen LogP contribution is 2.29. The molecule has 2 aromatic carbocycles. The molecule has 8 nitrogen and oxygen atoms in total. The van der Waals surface area contributed by atoms with E-state index in [4.69, 9.17) is 4.74 Å². The van der Waals surface area contributed by atoms with E-state index in [2.05, 4.69) is 10.1 Å². The molecule has 0 fully saturated rings. The van der Waals surface area contributed by atoms with Crippen LogP contribution >= 0.6 is 0 Å². The molecule has 156 valence electrons. The Morgan fingerprint density at radius 3 is 2.52 bits per heavy atom. The summed E-state index contributed by atoms with van der Waals surface area (Å²) in [7, 11) is 3.18.